The smallest absolute Gasteiger partial charge is 0.267 e. The molecule has 3 nitrogen and oxygen atoms in total. The fourth-order valence-corrected chi connectivity index (χ4v) is 7.38. The normalized spacial score (nSPS) is 13.8. The van der Waals surface area contributed by atoms with Crippen molar-refractivity contribution in [3.8, 4) is 5.69 Å². The third kappa shape index (κ3) is 4.49. The van der Waals surface area contributed by atoms with Crippen LogP contribution in [0.2, 0.25) is 10.0 Å². The summed E-state index contributed by atoms with van der Waals surface area (Å²) in [5.41, 5.74) is 5.35. The van der Waals surface area contributed by atoms with Crippen LogP contribution in [-0.2, 0) is 18.6 Å². The maximum Gasteiger partial charge on any atom is 0.267 e. The standard InChI is InChI=1S/C26H24Cl2N2OS2/c1-15-8-11-21(16(2)12-15)30-25(31)23-19-6-4-3-5-7-22(19)33-24(23)29-26(30)32-14-17-9-10-18(27)13-20(17)28/h8-13H,3-7,14H2,1-2H3. The summed E-state index contributed by atoms with van der Waals surface area (Å²) < 4.78 is 1.81. The Kier molecular flexibility index (Phi) is 6.58. The second-order valence-electron chi connectivity index (χ2n) is 8.59. The van der Waals surface area contributed by atoms with Crippen molar-refractivity contribution in [2.75, 3.05) is 0 Å². The number of hydrogen-bond acceptors (Lipinski definition) is 4. The molecule has 0 bridgehead atoms. The lowest BCUT2D eigenvalue weighted by Crippen LogP contribution is -2.22. The number of halogens is 2. The number of thiophene rings is 1. The van der Waals surface area contributed by atoms with E-state index >= 15 is 0 Å². The van der Waals surface area contributed by atoms with E-state index in [1.807, 2.05) is 22.8 Å². The van der Waals surface area contributed by atoms with Gasteiger partial charge in [-0.15, -0.1) is 11.3 Å². The lowest BCUT2D eigenvalue weighted by Gasteiger charge is -2.15. The van der Waals surface area contributed by atoms with Crippen LogP contribution in [0.1, 0.15) is 46.4 Å². The van der Waals surface area contributed by atoms with Crippen LogP contribution in [0.15, 0.2) is 46.3 Å². The van der Waals surface area contributed by atoms with E-state index in [2.05, 4.69) is 26.0 Å². The highest BCUT2D eigenvalue weighted by atomic mass is 35.5. The Bertz CT molecular complexity index is 1420. The summed E-state index contributed by atoms with van der Waals surface area (Å²) in [6.07, 6.45) is 5.54. The zero-order chi connectivity index (χ0) is 23.1. The van der Waals surface area contributed by atoms with Gasteiger partial charge in [0.2, 0.25) is 0 Å². The van der Waals surface area contributed by atoms with Gasteiger partial charge in [0.05, 0.1) is 11.1 Å². The number of aryl methyl sites for hydroxylation is 4. The minimum atomic E-state index is 0.0380. The van der Waals surface area contributed by atoms with E-state index in [0.29, 0.717) is 21.0 Å². The first kappa shape index (κ1) is 23.0. The number of fused-ring (bicyclic) bond motifs is 3. The third-order valence-corrected chi connectivity index (χ3v) is 8.93. The summed E-state index contributed by atoms with van der Waals surface area (Å²) >= 11 is 15.7. The molecule has 1 aliphatic carbocycles. The van der Waals surface area contributed by atoms with Crippen molar-refractivity contribution in [3.63, 3.8) is 0 Å². The van der Waals surface area contributed by atoms with Crippen LogP contribution in [0, 0.1) is 13.8 Å². The van der Waals surface area contributed by atoms with Gasteiger partial charge in [-0.1, -0.05) is 65.1 Å². The topological polar surface area (TPSA) is 34.9 Å². The predicted octanol–water partition coefficient (Wildman–Crippen LogP) is 7.93. The molecule has 4 aromatic rings. The number of hydrogen-bond donors (Lipinski definition) is 0. The third-order valence-electron chi connectivity index (χ3n) is 6.17. The van der Waals surface area contributed by atoms with Gasteiger partial charge in [-0.25, -0.2) is 4.98 Å². The largest absolute Gasteiger partial charge is 0.268 e. The van der Waals surface area contributed by atoms with Crippen LogP contribution in [0.3, 0.4) is 0 Å². The van der Waals surface area contributed by atoms with E-state index in [9.17, 15) is 4.79 Å². The summed E-state index contributed by atoms with van der Waals surface area (Å²) in [5.74, 6) is 0.601. The van der Waals surface area contributed by atoms with Crippen molar-refractivity contribution >= 4 is 56.5 Å². The zero-order valence-corrected chi connectivity index (χ0v) is 21.7. The van der Waals surface area contributed by atoms with Crippen molar-refractivity contribution in [1.29, 1.82) is 0 Å². The summed E-state index contributed by atoms with van der Waals surface area (Å²) in [6.45, 7) is 4.12. The second kappa shape index (κ2) is 9.46. The molecular weight excluding hydrogens is 491 g/mol. The van der Waals surface area contributed by atoms with Crippen molar-refractivity contribution in [3.05, 3.63) is 83.9 Å². The molecule has 0 unspecified atom stereocenters. The van der Waals surface area contributed by atoms with Crippen molar-refractivity contribution in [1.82, 2.24) is 9.55 Å². The maximum absolute atomic E-state index is 14.0. The number of benzene rings is 2. The summed E-state index contributed by atoms with van der Waals surface area (Å²) in [5, 5.41) is 2.74. The highest BCUT2D eigenvalue weighted by Crippen LogP contribution is 2.36. The molecular formula is C26H24Cl2N2OS2. The molecule has 7 heteroatoms. The first-order valence-corrected chi connectivity index (χ1v) is 13.7. The van der Waals surface area contributed by atoms with Crippen LogP contribution < -0.4 is 5.56 Å². The molecule has 33 heavy (non-hydrogen) atoms. The van der Waals surface area contributed by atoms with Crippen molar-refractivity contribution in [2.45, 2.75) is 56.9 Å². The minimum Gasteiger partial charge on any atom is -0.268 e. The van der Waals surface area contributed by atoms with Gasteiger partial charge in [-0.2, -0.15) is 0 Å². The van der Waals surface area contributed by atoms with Crippen LogP contribution in [0.4, 0.5) is 0 Å². The molecule has 0 saturated carbocycles. The van der Waals surface area contributed by atoms with Crippen molar-refractivity contribution < 1.29 is 0 Å². The molecule has 0 aliphatic heterocycles. The fourth-order valence-electron chi connectivity index (χ4n) is 4.51. The van der Waals surface area contributed by atoms with E-state index in [1.165, 1.54) is 40.6 Å². The fraction of sp³-hybridized carbons (Fsp3) is 0.308. The van der Waals surface area contributed by atoms with Crippen LogP contribution >= 0.6 is 46.3 Å². The Balaban J connectivity index is 1.68. The molecule has 5 rings (SSSR count). The second-order valence-corrected chi connectivity index (χ2v) is 11.5. The number of rotatable bonds is 4. The van der Waals surface area contributed by atoms with Gasteiger partial charge in [-0.3, -0.25) is 9.36 Å². The zero-order valence-electron chi connectivity index (χ0n) is 18.6. The van der Waals surface area contributed by atoms with Gasteiger partial charge < -0.3 is 0 Å². The van der Waals surface area contributed by atoms with Gasteiger partial charge >= 0.3 is 0 Å². The molecule has 170 valence electrons. The van der Waals surface area contributed by atoms with E-state index in [0.717, 1.165) is 46.3 Å². The number of nitrogens with zero attached hydrogens (tertiary/aromatic N) is 2. The summed E-state index contributed by atoms with van der Waals surface area (Å²) in [6, 6.07) is 11.7. The molecule has 0 fully saturated rings. The summed E-state index contributed by atoms with van der Waals surface area (Å²) in [7, 11) is 0. The van der Waals surface area contributed by atoms with Gasteiger partial charge in [0.15, 0.2) is 5.16 Å². The average Bonchev–Trinajstić information content (AvgIpc) is 2.95. The average molecular weight is 516 g/mol. The number of aromatic nitrogens is 2. The van der Waals surface area contributed by atoms with Crippen LogP contribution in [0.25, 0.3) is 15.9 Å². The highest BCUT2D eigenvalue weighted by molar-refractivity contribution is 7.98. The molecule has 0 spiro atoms. The lowest BCUT2D eigenvalue weighted by atomic mass is 10.1. The Morgan fingerprint density at radius 1 is 1.06 bits per heavy atom. The SMILES string of the molecule is Cc1ccc(-n2c(SCc3ccc(Cl)cc3Cl)nc3sc4c(c3c2=O)CCCCC4)c(C)c1. The molecule has 2 aromatic carbocycles. The predicted molar refractivity (Wildman–Crippen MR) is 142 cm³/mol. The van der Waals surface area contributed by atoms with Gasteiger partial charge in [-0.05, 0) is 74.4 Å². The molecule has 2 heterocycles. The van der Waals surface area contributed by atoms with Crippen LogP contribution in [0.5, 0.6) is 0 Å². The number of thioether (sulfide) groups is 1. The van der Waals surface area contributed by atoms with E-state index in [-0.39, 0.29) is 5.56 Å². The first-order valence-electron chi connectivity index (χ1n) is 11.1. The van der Waals surface area contributed by atoms with E-state index in [1.54, 1.807) is 17.4 Å². The van der Waals surface area contributed by atoms with E-state index < -0.39 is 0 Å². The Morgan fingerprint density at radius 3 is 2.67 bits per heavy atom. The highest BCUT2D eigenvalue weighted by Gasteiger charge is 2.23. The molecule has 0 amide bonds. The molecule has 0 saturated heterocycles. The molecule has 0 radical (unpaired) electrons. The lowest BCUT2D eigenvalue weighted by molar-refractivity contribution is 0.713. The Hall–Kier alpha value is -1.79. The molecule has 1 aliphatic rings. The van der Waals surface area contributed by atoms with Crippen LogP contribution in [-0.4, -0.2) is 9.55 Å². The first-order chi connectivity index (χ1) is 15.9. The summed E-state index contributed by atoms with van der Waals surface area (Å²) in [4.78, 5) is 21.3. The molecule has 2 aromatic heterocycles. The van der Waals surface area contributed by atoms with Crippen molar-refractivity contribution in [2.24, 2.45) is 0 Å². The maximum atomic E-state index is 14.0. The monoisotopic (exact) mass is 514 g/mol. The molecule has 0 N–H and O–H groups in total. The van der Waals surface area contributed by atoms with E-state index in [4.69, 9.17) is 28.2 Å². The quantitative estimate of drug-likeness (QED) is 0.157. The Morgan fingerprint density at radius 2 is 1.88 bits per heavy atom. The van der Waals surface area contributed by atoms with Gasteiger partial charge in [0.25, 0.3) is 5.56 Å². The Labute approximate surface area is 211 Å². The van der Waals surface area contributed by atoms with Gasteiger partial charge in [0, 0.05) is 20.7 Å². The molecule has 0 atom stereocenters. The van der Waals surface area contributed by atoms with Gasteiger partial charge in [0.1, 0.15) is 4.83 Å². The minimum absolute atomic E-state index is 0.0380.